The highest BCUT2D eigenvalue weighted by Gasteiger charge is 2.26. The van der Waals surface area contributed by atoms with Crippen LogP contribution in [0.4, 0.5) is 0 Å². The van der Waals surface area contributed by atoms with E-state index in [0.29, 0.717) is 56.6 Å². The predicted octanol–water partition coefficient (Wildman–Crippen LogP) is 7.32. The molecular formula is C36H39Cl2N3O6S. The van der Waals surface area contributed by atoms with E-state index in [0.717, 1.165) is 36.4 Å². The number of hydrogen-bond acceptors (Lipinski definition) is 10. The zero-order valence-corrected chi connectivity index (χ0v) is 29.4. The normalized spacial score (nSPS) is 15.0. The Hall–Kier alpha value is -3.67. The van der Waals surface area contributed by atoms with Gasteiger partial charge in [0, 0.05) is 30.2 Å². The molecule has 0 amide bonds. The molecule has 9 nitrogen and oxygen atoms in total. The molecule has 0 spiro atoms. The Morgan fingerprint density at radius 3 is 2.35 bits per heavy atom. The molecule has 1 saturated heterocycles. The van der Waals surface area contributed by atoms with Crippen LogP contribution in [0, 0.1) is 5.92 Å². The van der Waals surface area contributed by atoms with Crippen LogP contribution in [0.3, 0.4) is 0 Å². The Morgan fingerprint density at radius 2 is 1.67 bits per heavy atom. The van der Waals surface area contributed by atoms with E-state index in [-0.39, 0.29) is 12.4 Å². The number of nitrogens with zero attached hydrogens (tertiary/aromatic N) is 2. The fraction of sp³-hybridized carbons (Fsp3) is 0.361. The van der Waals surface area contributed by atoms with Crippen LogP contribution in [-0.4, -0.2) is 62.8 Å². The summed E-state index contributed by atoms with van der Waals surface area (Å²) in [6.07, 6.45) is 4.48. The van der Waals surface area contributed by atoms with E-state index in [2.05, 4.69) is 22.2 Å². The first kappa shape index (κ1) is 35.6. The average molecular weight is 713 g/mol. The number of esters is 2. The van der Waals surface area contributed by atoms with E-state index in [1.807, 2.05) is 42.5 Å². The average Bonchev–Trinajstić information content (AvgIpc) is 3.58. The zero-order valence-electron chi connectivity index (χ0n) is 27.1. The van der Waals surface area contributed by atoms with Crippen molar-refractivity contribution < 1.29 is 28.5 Å². The van der Waals surface area contributed by atoms with Crippen molar-refractivity contribution in [3.8, 4) is 11.5 Å². The van der Waals surface area contributed by atoms with Crippen molar-refractivity contribution in [2.24, 2.45) is 5.92 Å². The highest BCUT2D eigenvalue weighted by molar-refractivity contribution is 7.13. The minimum atomic E-state index is -0.750. The number of likely N-dealkylation sites (tertiary alicyclic amines) is 1. The van der Waals surface area contributed by atoms with E-state index in [9.17, 15) is 9.59 Å². The first-order valence-electron chi connectivity index (χ1n) is 15.7. The summed E-state index contributed by atoms with van der Waals surface area (Å²) in [5.41, 5.74) is 2.09. The van der Waals surface area contributed by atoms with Gasteiger partial charge >= 0.3 is 11.9 Å². The standard InChI is InChI=1S/C36H39Cl2N3O6S/c1-41-15-13-23(14-16-41)22-46-36(43)34(24-7-5-4-6-8-24)40-19-26-10-12-33(48-26)35(42)47-31(18-27-28(37)20-39-21-29(27)38)25-9-11-30(44-2)32(17-25)45-3/h4-12,17,20-21,23,31,34,40H,13-16,18-19,22H2,1-3H3/t31-,34?/m0/s1. The van der Waals surface area contributed by atoms with Crippen LogP contribution in [-0.2, 0) is 27.2 Å². The number of aromatic nitrogens is 1. The van der Waals surface area contributed by atoms with Crippen molar-refractivity contribution in [1.29, 1.82) is 0 Å². The van der Waals surface area contributed by atoms with Gasteiger partial charge in [-0.3, -0.25) is 10.3 Å². The monoisotopic (exact) mass is 711 g/mol. The van der Waals surface area contributed by atoms with Gasteiger partial charge < -0.3 is 23.8 Å². The maximum absolute atomic E-state index is 13.6. The Balaban J connectivity index is 1.28. The van der Waals surface area contributed by atoms with Crippen LogP contribution >= 0.6 is 34.5 Å². The SMILES string of the molecule is COc1ccc([C@H](Cc2c(Cl)cncc2Cl)OC(=O)c2ccc(CNC(C(=O)OCC3CCN(C)CC3)c3ccccc3)s2)cc1OC. The summed E-state index contributed by atoms with van der Waals surface area (Å²) in [7, 11) is 5.20. The van der Waals surface area contributed by atoms with Crippen LogP contribution in [0.2, 0.25) is 10.0 Å². The van der Waals surface area contributed by atoms with Gasteiger partial charge in [0.15, 0.2) is 11.5 Å². The van der Waals surface area contributed by atoms with Gasteiger partial charge in [0.05, 0.1) is 30.9 Å². The first-order valence-corrected chi connectivity index (χ1v) is 17.3. The lowest BCUT2D eigenvalue weighted by Gasteiger charge is -2.29. The third kappa shape index (κ3) is 9.27. The molecule has 1 N–H and O–H groups in total. The molecule has 0 bridgehead atoms. The number of pyridine rings is 1. The number of benzene rings is 2. The summed E-state index contributed by atoms with van der Waals surface area (Å²) in [5.74, 6) is 0.569. The number of nitrogens with one attached hydrogen (secondary N) is 1. The number of ether oxygens (including phenoxy) is 4. The van der Waals surface area contributed by atoms with Gasteiger partial charge in [0.2, 0.25) is 0 Å². The van der Waals surface area contributed by atoms with E-state index in [1.165, 1.54) is 30.8 Å². The van der Waals surface area contributed by atoms with Gasteiger partial charge in [0.25, 0.3) is 0 Å². The lowest BCUT2D eigenvalue weighted by molar-refractivity contribution is -0.148. The number of rotatable bonds is 14. The number of carbonyl (C=O) groups excluding carboxylic acids is 2. The Labute approximate surface area is 295 Å². The molecule has 48 heavy (non-hydrogen) atoms. The minimum Gasteiger partial charge on any atom is -0.493 e. The molecule has 3 heterocycles. The van der Waals surface area contributed by atoms with E-state index < -0.39 is 18.1 Å². The molecule has 254 valence electrons. The molecule has 1 unspecified atom stereocenters. The number of piperidine rings is 1. The molecule has 1 fully saturated rings. The number of methoxy groups -OCH3 is 2. The van der Waals surface area contributed by atoms with Gasteiger partial charge in [-0.1, -0.05) is 59.6 Å². The third-order valence-electron chi connectivity index (χ3n) is 8.38. The lowest BCUT2D eigenvalue weighted by Crippen LogP contribution is -2.34. The highest BCUT2D eigenvalue weighted by atomic mass is 35.5. The number of thiophene rings is 1. The summed E-state index contributed by atoms with van der Waals surface area (Å²) >= 11 is 14.2. The zero-order chi connectivity index (χ0) is 34.0. The molecule has 2 aromatic carbocycles. The number of carbonyl (C=O) groups is 2. The molecule has 0 saturated carbocycles. The van der Waals surface area contributed by atoms with Gasteiger partial charge in [0.1, 0.15) is 17.0 Å². The lowest BCUT2D eigenvalue weighted by atomic mass is 9.98. The van der Waals surface area contributed by atoms with Crippen molar-refractivity contribution in [2.75, 3.05) is 41.0 Å². The van der Waals surface area contributed by atoms with Gasteiger partial charge in [-0.25, -0.2) is 9.59 Å². The van der Waals surface area contributed by atoms with Gasteiger partial charge in [-0.15, -0.1) is 11.3 Å². The predicted molar refractivity (Wildman–Crippen MR) is 187 cm³/mol. The summed E-state index contributed by atoms with van der Waals surface area (Å²) in [4.78, 5) is 34.5. The molecule has 12 heteroatoms. The maximum Gasteiger partial charge on any atom is 0.348 e. The molecule has 0 aliphatic carbocycles. The van der Waals surface area contributed by atoms with E-state index >= 15 is 0 Å². The molecule has 1 aliphatic rings. The van der Waals surface area contributed by atoms with Crippen LogP contribution in [0.25, 0.3) is 0 Å². The number of halogens is 2. The Morgan fingerprint density at radius 1 is 0.958 bits per heavy atom. The van der Waals surface area contributed by atoms with Crippen LogP contribution in [0.15, 0.2) is 73.1 Å². The summed E-state index contributed by atoms with van der Waals surface area (Å²) in [6, 6.07) is 17.8. The van der Waals surface area contributed by atoms with Crippen molar-refractivity contribution in [1.82, 2.24) is 15.2 Å². The van der Waals surface area contributed by atoms with Crippen molar-refractivity contribution in [2.45, 2.75) is 38.0 Å². The quantitative estimate of drug-likeness (QED) is 0.135. The van der Waals surface area contributed by atoms with Crippen LogP contribution in [0.1, 0.15) is 56.2 Å². The van der Waals surface area contributed by atoms with Gasteiger partial charge in [-0.05, 0) is 79.9 Å². The van der Waals surface area contributed by atoms with Crippen LogP contribution < -0.4 is 14.8 Å². The van der Waals surface area contributed by atoms with E-state index in [4.69, 9.17) is 42.1 Å². The van der Waals surface area contributed by atoms with Gasteiger partial charge in [-0.2, -0.15) is 0 Å². The molecule has 0 radical (unpaired) electrons. The van der Waals surface area contributed by atoms with Crippen LogP contribution in [0.5, 0.6) is 11.5 Å². The van der Waals surface area contributed by atoms with E-state index in [1.54, 1.807) is 25.3 Å². The summed E-state index contributed by atoms with van der Waals surface area (Å²) in [5, 5.41) is 4.08. The smallest absolute Gasteiger partial charge is 0.348 e. The second kappa shape index (κ2) is 17.1. The molecule has 4 aromatic rings. The molecule has 2 atom stereocenters. The number of hydrogen-bond donors (Lipinski definition) is 1. The summed E-state index contributed by atoms with van der Waals surface area (Å²) < 4.78 is 22.8. The molecule has 1 aliphatic heterocycles. The topological polar surface area (TPSA) is 99.2 Å². The second-order valence-corrected chi connectivity index (χ2v) is 13.6. The Kier molecular flexibility index (Phi) is 12.7. The fourth-order valence-corrected chi connectivity index (χ4v) is 6.93. The maximum atomic E-state index is 13.6. The molecule has 2 aromatic heterocycles. The largest absolute Gasteiger partial charge is 0.493 e. The van der Waals surface area contributed by atoms with Crippen molar-refractivity contribution in [3.63, 3.8) is 0 Å². The molecule has 5 rings (SSSR count). The first-order chi connectivity index (χ1) is 23.2. The third-order valence-corrected chi connectivity index (χ3v) is 10.1. The van der Waals surface area contributed by atoms with Crippen molar-refractivity contribution in [3.05, 3.63) is 110 Å². The van der Waals surface area contributed by atoms with Crippen molar-refractivity contribution >= 4 is 46.5 Å². The molecular weight excluding hydrogens is 673 g/mol. The highest BCUT2D eigenvalue weighted by Crippen LogP contribution is 2.36. The minimum absolute atomic E-state index is 0.208. The fourth-order valence-electron chi connectivity index (χ4n) is 5.57. The summed E-state index contributed by atoms with van der Waals surface area (Å²) in [6.45, 7) is 2.77. The second-order valence-electron chi connectivity index (χ2n) is 11.7. The Bertz CT molecular complexity index is 1660.